The Kier molecular flexibility index (Phi) is 4.26. The fourth-order valence-electron chi connectivity index (χ4n) is 0.501. The largest absolute Gasteiger partial charge is 0.389 e. The SMILES string of the molecule is CCC(N)CC(=O)CO. The zero-order chi connectivity index (χ0) is 7.28. The number of aliphatic hydroxyl groups excluding tert-OH is 1. The fourth-order valence-corrected chi connectivity index (χ4v) is 0.501. The van der Waals surface area contributed by atoms with Gasteiger partial charge in [-0.3, -0.25) is 4.79 Å². The molecule has 1 unspecified atom stereocenters. The maximum Gasteiger partial charge on any atom is 0.159 e. The summed E-state index contributed by atoms with van der Waals surface area (Å²) in [6.45, 7) is 1.53. The van der Waals surface area contributed by atoms with Crippen molar-refractivity contribution in [2.45, 2.75) is 25.8 Å². The van der Waals surface area contributed by atoms with Crippen molar-refractivity contribution in [3.63, 3.8) is 0 Å². The highest BCUT2D eigenvalue weighted by Crippen LogP contribution is 1.92. The van der Waals surface area contributed by atoms with Crippen molar-refractivity contribution in [3.05, 3.63) is 0 Å². The van der Waals surface area contributed by atoms with E-state index in [9.17, 15) is 4.79 Å². The van der Waals surface area contributed by atoms with Gasteiger partial charge in [0.05, 0.1) is 0 Å². The number of hydrogen-bond donors (Lipinski definition) is 2. The first-order valence-corrected chi connectivity index (χ1v) is 3.08. The van der Waals surface area contributed by atoms with Gasteiger partial charge in [-0.25, -0.2) is 0 Å². The number of carbonyl (C=O) groups excluding carboxylic acids is 1. The predicted octanol–water partition coefficient (Wildman–Crippen LogP) is -0.325. The minimum Gasteiger partial charge on any atom is -0.389 e. The third-order valence-electron chi connectivity index (χ3n) is 1.19. The smallest absolute Gasteiger partial charge is 0.159 e. The van der Waals surface area contributed by atoms with Gasteiger partial charge in [-0.2, -0.15) is 0 Å². The summed E-state index contributed by atoms with van der Waals surface area (Å²) in [5.74, 6) is -0.177. The molecule has 0 saturated heterocycles. The average Bonchev–Trinajstić information content (AvgIpc) is 1.87. The summed E-state index contributed by atoms with van der Waals surface area (Å²) < 4.78 is 0. The Balaban J connectivity index is 3.34. The molecule has 0 heterocycles. The van der Waals surface area contributed by atoms with Crippen molar-refractivity contribution in [3.8, 4) is 0 Å². The normalized spacial score (nSPS) is 13.2. The Hall–Kier alpha value is -0.410. The van der Waals surface area contributed by atoms with E-state index in [1.165, 1.54) is 0 Å². The standard InChI is InChI=1S/C6H13NO2/c1-2-5(7)3-6(9)4-8/h5,8H,2-4,7H2,1H3. The number of Topliss-reactive ketones (excluding diaryl/α,β-unsaturated/α-hetero) is 1. The molecule has 3 nitrogen and oxygen atoms in total. The van der Waals surface area contributed by atoms with Crippen molar-refractivity contribution >= 4 is 5.78 Å². The highest BCUT2D eigenvalue weighted by atomic mass is 16.3. The van der Waals surface area contributed by atoms with E-state index in [0.29, 0.717) is 6.42 Å². The molecule has 0 rings (SSSR count). The molecule has 0 amide bonds. The van der Waals surface area contributed by atoms with Gasteiger partial charge in [0.25, 0.3) is 0 Å². The van der Waals surface area contributed by atoms with Gasteiger partial charge in [0.1, 0.15) is 6.61 Å². The Morgan fingerprint density at radius 3 is 2.67 bits per heavy atom. The van der Waals surface area contributed by atoms with Gasteiger partial charge in [-0.15, -0.1) is 0 Å². The van der Waals surface area contributed by atoms with Crippen LogP contribution in [0.25, 0.3) is 0 Å². The molecular formula is C6H13NO2. The molecule has 1 atom stereocenters. The van der Waals surface area contributed by atoms with E-state index in [-0.39, 0.29) is 18.4 Å². The minimum atomic E-state index is -0.381. The van der Waals surface area contributed by atoms with Crippen LogP contribution < -0.4 is 5.73 Å². The molecule has 0 aromatic rings. The Labute approximate surface area is 54.9 Å². The van der Waals surface area contributed by atoms with Crippen LogP contribution >= 0.6 is 0 Å². The molecule has 0 fully saturated rings. The molecule has 0 aromatic carbocycles. The van der Waals surface area contributed by atoms with Crippen LogP contribution in [0.15, 0.2) is 0 Å². The van der Waals surface area contributed by atoms with Crippen LogP contribution in [0.5, 0.6) is 0 Å². The molecule has 0 aliphatic carbocycles. The first-order valence-electron chi connectivity index (χ1n) is 3.08. The lowest BCUT2D eigenvalue weighted by Gasteiger charge is -2.04. The molecular weight excluding hydrogens is 118 g/mol. The van der Waals surface area contributed by atoms with Crippen LogP contribution in [0.2, 0.25) is 0 Å². The molecule has 0 aliphatic heterocycles. The number of carbonyl (C=O) groups is 1. The maximum absolute atomic E-state index is 10.5. The van der Waals surface area contributed by atoms with Gasteiger partial charge in [-0.1, -0.05) is 6.92 Å². The summed E-state index contributed by atoms with van der Waals surface area (Å²) in [5.41, 5.74) is 5.42. The van der Waals surface area contributed by atoms with Gasteiger partial charge >= 0.3 is 0 Å². The summed E-state index contributed by atoms with van der Waals surface area (Å²) in [4.78, 5) is 10.5. The van der Waals surface area contributed by atoms with Crippen LogP contribution in [-0.4, -0.2) is 23.5 Å². The molecule has 0 spiro atoms. The van der Waals surface area contributed by atoms with Crippen LogP contribution in [0, 0.1) is 0 Å². The Morgan fingerprint density at radius 1 is 1.78 bits per heavy atom. The molecule has 3 heteroatoms. The zero-order valence-corrected chi connectivity index (χ0v) is 5.63. The third-order valence-corrected chi connectivity index (χ3v) is 1.19. The second-order valence-electron chi connectivity index (χ2n) is 2.07. The third kappa shape index (κ3) is 4.12. The Bertz CT molecular complexity index is 93.1. The van der Waals surface area contributed by atoms with E-state index in [4.69, 9.17) is 10.8 Å². The maximum atomic E-state index is 10.5. The van der Waals surface area contributed by atoms with Gasteiger partial charge in [0.15, 0.2) is 5.78 Å². The van der Waals surface area contributed by atoms with Crippen molar-refractivity contribution in [2.75, 3.05) is 6.61 Å². The summed E-state index contributed by atoms with van der Waals surface area (Å²) in [6, 6.07) is -0.0790. The van der Waals surface area contributed by atoms with Gasteiger partial charge in [0, 0.05) is 12.5 Å². The zero-order valence-electron chi connectivity index (χ0n) is 5.63. The number of nitrogens with two attached hydrogens (primary N) is 1. The lowest BCUT2D eigenvalue weighted by molar-refractivity contribution is -0.122. The topological polar surface area (TPSA) is 63.3 Å². The lowest BCUT2D eigenvalue weighted by Crippen LogP contribution is -2.23. The summed E-state index contributed by atoms with van der Waals surface area (Å²) in [5, 5.41) is 8.27. The monoisotopic (exact) mass is 131 g/mol. The van der Waals surface area contributed by atoms with Crippen molar-refractivity contribution in [2.24, 2.45) is 5.73 Å². The van der Waals surface area contributed by atoms with Gasteiger partial charge < -0.3 is 10.8 Å². The summed E-state index contributed by atoms with van der Waals surface area (Å²) >= 11 is 0. The molecule has 0 saturated carbocycles. The lowest BCUT2D eigenvalue weighted by atomic mass is 10.1. The van der Waals surface area contributed by atoms with E-state index in [1.807, 2.05) is 6.92 Å². The number of hydrogen-bond acceptors (Lipinski definition) is 3. The van der Waals surface area contributed by atoms with Crippen molar-refractivity contribution < 1.29 is 9.90 Å². The van der Waals surface area contributed by atoms with Crippen molar-refractivity contribution in [1.82, 2.24) is 0 Å². The van der Waals surface area contributed by atoms with Crippen LogP contribution in [0.3, 0.4) is 0 Å². The molecule has 9 heavy (non-hydrogen) atoms. The average molecular weight is 131 g/mol. The van der Waals surface area contributed by atoms with E-state index in [2.05, 4.69) is 0 Å². The van der Waals surface area contributed by atoms with Crippen LogP contribution in [0.1, 0.15) is 19.8 Å². The quantitative estimate of drug-likeness (QED) is 0.549. The summed E-state index contributed by atoms with van der Waals surface area (Å²) in [7, 11) is 0. The molecule has 0 bridgehead atoms. The molecule has 0 aliphatic rings. The molecule has 0 radical (unpaired) electrons. The minimum absolute atomic E-state index is 0.0790. The molecule has 54 valence electrons. The van der Waals surface area contributed by atoms with E-state index in [1.54, 1.807) is 0 Å². The second-order valence-corrected chi connectivity index (χ2v) is 2.07. The number of ketones is 1. The van der Waals surface area contributed by atoms with Crippen LogP contribution in [-0.2, 0) is 4.79 Å². The second kappa shape index (κ2) is 4.47. The first-order chi connectivity index (χ1) is 4.20. The van der Waals surface area contributed by atoms with Gasteiger partial charge in [0.2, 0.25) is 0 Å². The van der Waals surface area contributed by atoms with E-state index < -0.39 is 0 Å². The molecule has 3 N–H and O–H groups in total. The number of aliphatic hydroxyl groups is 1. The summed E-state index contributed by atoms with van der Waals surface area (Å²) in [6.07, 6.45) is 1.08. The highest BCUT2D eigenvalue weighted by molar-refractivity contribution is 5.79. The molecule has 0 aromatic heterocycles. The van der Waals surface area contributed by atoms with Crippen molar-refractivity contribution in [1.29, 1.82) is 0 Å². The first kappa shape index (κ1) is 8.59. The van der Waals surface area contributed by atoms with E-state index >= 15 is 0 Å². The Morgan fingerprint density at radius 2 is 2.33 bits per heavy atom. The van der Waals surface area contributed by atoms with Gasteiger partial charge in [-0.05, 0) is 6.42 Å². The van der Waals surface area contributed by atoms with E-state index in [0.717, 1.165) is 6.42 Å². The fraction of sp³-hybridized carbons (Fsp3) is 0.833. The number of rotatable bonds is 4. The predicted molar refractivity (Wildman–Crippen MR) is 35.0 cm³/mol. The highest BCUT2D eigenvalue weighted by Gasteiger charge is 2.04. The van der Waals surface area contributed by atoms with Crippen LogP contribution in [0.4, 0.5) is 0 Å².